The second-order valence-corrected chi connectivity index (χ2v) is 4.24. The molecule has 1 unspecified atom stereocenters. The molecule has 3 nitrogen and oxygen atoms in total. The molecule has 96 valence electrons. The molecular formula is C13H21FN2O. The average molecular weight is 240 g/mol. The largest absolute Gasteiger partial charge is 0.383 e. The van der Waals surface area contributed by atoms with Gasteiger partial charge in [0.15, 0.2) is 0 Å². The summed E-state index contributed by atoms with van der Waals surface area (Å²) in [5, 5.41) is 0. The number of nitrogens with two attached hydrogens (primary N) is 1. The minimum atomic E-state index is -0.224. The number of nitrogens with zero attached hydrogens (tertiary/aromatic N) is 1. The van der Waals surface area contributed by atoms with Crippen LogP contribution in [-0.2, 0) is 4.74 Å². The molecule has 1 atom stereocenters. The van der Waals surface area contributed by atoms with Crippen molar-refractivity contribution in [1.82, 2.24) is 4.90 Å². The van der Waals surface area contributed by atoms with Gasteiger partial charge < -0.3 is 15.4 Å². The number of ether oxygens (including phenoxy) is 1. The molecule has 17 heavy (non-hydrogen) atoms. The van der Waals surface area contributed by atoms with Crippen molar-refractivity contribution in [2.45, 2.75) is 12.5 Å². The quantitative estimate of drug-likeness (QED) is 0.789. The van der Waals surface area contributed by atoms with E-state index in [0.717, 1.165) is 31.7 Å². The van der Waals surface area contributed by atoms with E-state index in [2.05, 4.69) is 4.90 Å². The minimum Gasteiger partial charge on any atom is -0.383 e. The van der Waals surface area contributed by atoms with Gasteiger partial charge in [0.05, 0.1) is 6.61 Å². The van der Waals surface area contributed by atoms with Gasteiger partial charge in [-0.25, -0.2) is 4.39 Å². The van der Waals surface area contributed by atoms with Gasteiger partial charge in [-0.1, -0.05) is 12.1 Å². The van der Waals surface area contributed by atoms with Crippen molar-refractivity contribution < 1.29 is 9.13 Å². The number of hydrogen-bond donors (Lipinski definition) is 1. The van der Waals surface area contributed by atoms with Crippen LogP contribution >= 0.6 is 0 Å². The van der Waals surface area contributed by atoms with Crippen LogP contribution in [-0.4, -0.2) is 38.8 Å². The van der Waals surface area contributed by atoms with Gasteiger partial charge in [0.1, 0.15) is 5.82 Å². The Bertz CT molecular complexity index is 316. The van der Waals surface area contributed by atoms with E-state index < -0.39 is 0 Å². The third kappa shape index (κ3) is 5.26. The van der Waals surface area contributed by atoms with Crippen LogP contribution < -0.4 is 5.73 Å². The molecule has 0 aromatic heterocycles. The van der Waals surface area contributed by atoms with Gasteiger partial charge in [0, 0.05) is 19.7 Å². The monoisotopic (exact) mass is 240 g/mol. The topological polar surface area (TPSA) is 38.5 Å². The van der Waals surface area contributed by atoms with Gasteiger partial charge in [-0.15, -0.1) is 0 Å². The van der Waals surface area contributed by atoms with Gasteiger partial charge in [0.2, 0.25) is 0 Å². The molecule has 1 aromatic rings. The van der Waals surface area contributed by atoms with Crippen molar-refractivity contribution in [1.29, 1.82) is 0 Å². The van der Waals surface area contributed by atoms with E-state index in [1.54, 1.807) is 19.2 Å². The lowest BCUT2D eigenvalue weighted by molar-refractivity contribution is 0.159. The van der Waals surface area contributed by atoms with E-state index in [1.807, 2.05) is 7.05 Å². The van der Waals surface area contributed by atoms with Crippen LogP contribution in [0.5, 0.6) is 0 Å². The molecule has 2 N–H and O–H groups in total. The van der Waals surface area contributed by atoms with E-state index in [0.29, 0.717) is 0 Å². The van der Waals surface area contributed by atoms with Crippen molar-refractivity contribution in [3.63, 3.8) is 0 Å². The van der Waals surface area contributed by atoms with E-state index in [9.17, 15) is 4.39 Å². The van der Waals surface area contributed by atoms with Gasteiger partial charge >= 0.3 is 0 Å². The summed E-state index contributed by atoms with van der Waals surface area (Å²) in [6, 6.07) is 6.35. The summed E-state index contributed by atoms with van der Waals surface area (Å²) in [6.07, 6.45) is 0.853. The summed E-state index contributed by atoms with van der Waals surface area (Å²) in [5.74, 6) is -0.224. The molecule has 0 fully saturated rings. The van der Waals surface area contributed by atoms with Gasteiger partial charge in [-0.05, 0) is 37.7 Å². The summed E-state index contributed by atoms with van der Waals surface area (Å²) in [5.41, 5.74) is 7.02. The Labute approximate surface area is 102 Å². The van der Waals surface area contributed by atoms with Crippen molar-refractivity contribution in [3.05, 3.63) is 35.6 Å². The first-order valence-electron chi connectivity index (χ1n) is 5.82. The maximum absolute atomic E-state index is 12.7. The van der Waals surface area contributed by atoms with E-state index >= 15 is 0 Å². The smallest absolute Gasteiger partial charge is 0.123 e. The second-order valence-electron chi connectivity index (χ2n) is 4.24. The van der Waals surface area contributed by atoms with Gasteiger partial charge in [0.25, 0.3) is 0 Å². The second kappa shape index (κ2) is 7.37. The fourth-order valence-corrected chi connectivity index (χ4v) is 1.60. The van der Waals surface area contributed by atoms with Crippen LogP contribution in [0.2, 0.25) is 0 Å². The highest BCUT2D eigenvalue weighted by Gasteiger charge is 2.07. The molecule has 0 amide bonds. The lowest BCUT2D eigenvalue weighted by atomic mass is 10.0. The first kappa shape index (κ1) is 14.1. The number of likely N-dealkylation sites (N-methyl/N-ethyl adjacent to an activating group) is 1. The summed E-state index contributed by atoms with van der Waals surface area (Å²) in [7, 11) is 3.73. The van der Waals surface area contributed by atoms with Crippen molar-refractivity contribution >= 4 is 0 Å². The Morgan fingerprint density at radius 3 is 2.53 bits per heavy atom. The predicted molar refractivity (Wildman–Crippen MR) is 67.3 cm³/mol. The highest BCUT2D eigenvalue weighted by atomic mass is 19.1. The summed E-state index contributed by atoms with van der Waals surface area (Å²) in [4.78, 5) is 2.17. The van der Waals surface area contributed by atoms with Crippen molar-refractivity contribution in [2.24, 2.45) is 5.73 Å². The number of methoxy groups -OCH3 is 1. The fourth-order valence-electron chi connectivity index (χ4n) is 1.60. The minimum absolute atomic E-state index is 0.0411. The normalized spacial score (nSPS) is 13.0. The van der Waals surface area contributed by atoms with Crippen molar-refractivity contribution in [2.75, 3.05) is 33.9 Å². The fraction of sp³-hybridized carbons (Fsp3) is 0.538. The van der Waals surface area contributed by atoms with Crippen LogP contribution in [0.15, 0.2) is 24.3 Å². The van der Waals surface area contributed by atoms with Crippen LogP contribution in [0.25, 0.3) is 0 Å². The summed E-state index contributed by atoms with van der Waals surface area (Å²) >= 11 is 0. The van der Waals surface area contributed by atoms with Gasteiger partial charge in [-0.2, -0.15) is 0 Å². The van der Waals surface area contributed by atoms with Crippen molar-refractivity contribution in [3.8, 4) is 0 Å². The first-order chi connectivity index (χ1) is 8.13. The maximum atomic E-state index is 12.7. The molecule has 1 rings (SSSR count). The van der Waals surface area contributed by atoms with E-state index in [1.165, 1.54) is 12.1 Å². The first-order valence-corrected chi connectivity index (χ1v) is 5.82. The Hall–Kier alpha value is -0.970. The van der Waals surface area contributed by atoms with Crippen LogP contribution in [0.3, 0.4) is 0 Å². The Balaban J connectivity index is 2.34. The maximum Gasteiger partial charge on any atom is 0.123 e. The molecule has 0 spiro atoms. The average Bonchev–Trinajstić information content (AvgIpc) is 2.34. The molecule has 0 aliphatic carbocycles. The molecule has 0 radical (unpaired) electrons. The molecule has 0 heterocycles. The third-order valence-corrected chi connectivity index (χ3v) is 2.80. The lowest BCUT2D eigenvalue weighted by Gasteiger charge is -2.19. The summed E-state index contributed by atoms with van der Waals surface area (Å²) < 4.78 is 17.7. The van der Waals surface area contributed by atoms with Gasteiger partial charge in [-0.3, -0.25) is 0 Å². The molecular weight excluding hydrogens is 219 g/mol. The molecule has 0 bridgehead atoms. The zero-order chi connectivity index (χ0) is 12.7. The zero-order valence-corrected chi connectivity index (χ0v) is 10.5. The Morgan fingerprint density at radius 2 is 1.94 bits per heavy atom. The number of benzene rings is 1. The standard InChI is InChI=1S/C13H21FN2O/c1-16(9-10-17-2)8-7-13(15)11-3-5-12(14)6-4-11/h3-6,13H,7-10,15H2,1-2H3. The van der Waals surface area contributed by atoms with Crippen LogP contribution in [0.4, 0.5) is 4.39 Å². The Kier molecular flexibility index (Phi) is 6.11. The highest BCUT2D eigenvalue weighted by molar-refractivity contribution is 5.19. The molecule has 0 saturated carbocycles. The zero-order valence-electron chi connectivity index (χ0n) is 10.5. The SMILES string of the molecule is COCCN(C)CCC(N)c1ccc(F)cc1. The Morgan fingerprint density at radius 1 is 1.29 bits per heavy atom. The third-order valence-electron chi connectivity index (χ3n) is 2.80. The summed E-state index contributed by atoms with van der Waals surface area (Å²) in [6.45, 7) is 2.52. The number of rotatable bonds is 7. The van der Waals surface area contributed by atoms with Crippen LogP contribution in [0.1, 0.15) is 18.0 Å². The molecule has 0 aliphatic heterocycles. The lowest BCUT2D eigenvalue weighted by Crippen LogP contribution is -2.26. The molecule has 0 aliphatic rings. The molecule has 1 aromatic carbocycles. The molecule has 4 heteroatoms. The number of hydrogen-bond acceptors (Lipinski definition) is 3. The van der Waals surface area contributed by atoms with E-state index in [-0.39, 0.29) is 11.9 Å². The van der Waals surface area contributed by atoms with Crippen LogP contribution in [0, 0.1) is 5.82 Å². The number of halogens is 1. The van der Waals surface area contributed by atoms with E-state index in [4.69, 9.17) is 10.5 Å². The predicted octanol–water partition coefficient (Wildman–Crippen LogP) is 1.79. The molecule has 0 saturated heterocycles. The highest BCUT2D eigenvalue weighted by Crippen LogP contribution is 2.14.